The molecule has 1 saturated heterocycles. The number of rotatable bonds is 3. The average Bonchev–Trinajstić information content (AvgIpc) is 2.84. The molecule has 1 saturated carbocycles. The van der Waals surface area contributed by atoms with Crippen molar-refractivity contribution in [1.82, 2.24) is 10.6 Å². The molecule has 4 heteroatoms. The summed E-state index contributed by atoms with van der Waals surface area (Å²) < 4.78 is 0. The Bertz CT molecular complexity index is 227. The lowest BCUT2D eigenvalue weighted by Gasteiger charge is -2.14. The minimum absolute atomic E-state index is 0.0244. The van der Waals surface area contributed by atoms with Crippen molar-refractivity contribution in [2.75, 3.05) is 13.1 Å². The van der Waals surface area contributed by atoms with Crippen LogP contribution in [0.1, 0.15) is 32.1 Å². The van der Waals surface area contributed by atoms with Crippen LogP contribution in [0.2, 0.25) is 0 Å². The summed E-state index contributed by atoms with van der Waals surface area (Å²) in [6.07, 6.45) is 4.69. The fourth-order valence-corrected chi connectivity index (χ4v) is 2.51. The fourth-order valence-electron chi connectivity index (χ4n) is 2.51. The van der Waals surface area contributed by atoms with Crippen molar-refractivity contribution < 1.29 is 9.90 Å². The third-order valence-corrected chi connectivity index (χ3v) is 3.46. The van der Waals surface area contributed by atoms with Crippen LogP contribution in [0.15, 0.2) is 0 Å². The third kappa shape index (κ3) is 2.92. The van der Waals surface area contributed by atoms with Crippen LogP contribution in [-0.4, -0.2) is 36.2 Å². The Kier molecular flexibility index (Phi) is 3.59. The molecule has 0 spiro atoms. The molecule has 2 aliphatic rings. The van der Waals surface area contributed by atoms with Gasteiger partial charge in [0.25, 0.3) is 0 Å². The van der Waals surface area contributed by atoms with Crippen molar-refractivity contribution in [3.8, 4) is 0 Å². The highest BCUT2D eigenvalue weighted by atomic mass is 16.3. The van der Waals surface area contributed by atoms with Gasteiger partial charge in [-0.3, -0.25) is 4.79 Å². The van der Waals surface area contributed by atoms with Crippen molar-refractivity contribution in [2.45, 2.75) is 44.2 Å². The first-order chi connectivity index (χ1) is 7.25. The van der Waals surface area contributed by atoms with Crippen LogP contribution in [-0.2, 0) is 4.79 Å². The highest BCUT2D eigenvalue weighted by Gasteiger charge is 2.25. The normalized spacial score (nSPS) is 35.7. The average molecular weight is 212 g/mol. The first-order valence-corrected chi connectivity index (χ1v) is 5.95. The Morgan fingerprint density at radius 1 is 1.40 bits per heavy atom. The van der Waals surface area contributed by atoms with Gasteiger partial charge < -0.3 is 15.7 Å². The summed E-state index contributed by atoms with van der Waals surface area (Å²) in [5.41, 5.74) is 0. The van der Waals surface area contributed by atoms with Gasteiger partial charge in [-0.25, -0.2) is 0 Å². The minimum Gasteiger partial charge on any atom is -0.393 e. The standard InChI is InChI=1S/C11H20N2O2/c14-9-4-3-8(6-9)7-13-11(15)10-2-1-5-12-10/h8-10,12,14H,1-7H2,(H,13,15). The Hall–Kier alpha value is -0.610. The van der Waals surface area contributed by atoms with Crippen molar-refractivity contribution in [3.63, 3.8) is 0 Å². The highest BCUT2D eigenvalue weighted by molar-refractivity contribution is 5.81. The third-order valence-electron chi connectivity index (χ3n) is 3.46. The lowest BCUT2D eigenvalue weighted by molar-refractivity contribution is -0.122. The van der Waals surface area contributed by atoms with E-state index in [0.29, 0.717) is 5.92 Å². The summed E-state index contributed by atoms with van der Waals surface area (Å²) in [4.78, 5) is 11.6. The quantitative estimate of drug-likeness (QED) is 0.618. The summed E-state index contributed by atoms with van der Waals surface area (Å²) in [7, 11) is 0. The summed E-state index contributed by atoms with van der Waals surface area (Å²) in [5, 5.41) is 15.5. The maximum Gasteiger partial charge on any atom is 0.237 e. The van der Waals surface area contributed by atoms with Crippen molar-refractivity contribution in [1.29, 1.82) is 0 Å². The molecule has 4 nitrogen and oxygen atoms in total. The van der Waals surface area contributed by atoms with E-state index in [-0.39, 0.29) is 18.1 Å². The number of amides is 1. The minimum atomic E-state index is -0.142. The predicted molar refractivity (Wildman–Crippen MR) is 57.4 cm³/mol. The molecule has 15 heavy (non-hydrogen) atoms. The van der Waals surface area contributed by atoms with Gasteiger partial charge in [0.05, 0.1) is 12.1 Å². The van der Waals surface area contributed by atoms with Gasteiger partial charge in [-0.15, -0.1) is 0 Å². The molecular weight excluding hydrogens is 192 g/mol. The van der Waals surface area contributed by atoms with E-state index in [4.69, 9.17) is 0 Å². The number of nitrogens with one attached hydrogen (secondary N) is 2. The van der Waals surface area contributed by atoms with E-state index in [2.05, 4.69) is 10.6 Å². The largest absolute Gasteiger partial charge is 0.393 e. The van der Waals surface area contributed by atoms with Gasteiger partial charge in [-0.2, -0.15) is 0 Å². The Morgan fingerprint density at radius 2 is 2.27 bits per heavy atom. The molecule has 3 N–H and O–H groups in total. The van der Waals surface area contributed by atoms with E-state index < -0.39 is 0 Å². The van der Waals surface area contributed by atoms with Crippen LogP contribution in [0, 0.1) is 5.92 Å². The fraction of sp³-hybridized carbons (Fsp3) is 0.909. The van der Waals surface area contributed by atoms with Gasteiger partial charge in [0, 0.05) is 6.54 Å². The zero-order valence-electron chi connectivity index (χ0n) is 9.04. The SMILES string of the molecule is O=C(NCC1CCC(O)C1)C1CCCN1. The van der Waals surface area contributed by atoms with Crippen LogP contribution in [0.3, 0.4) is 0 Å². The molecule has 0 aromatic rings. The molecule has 1 aliphatic heterocycles. The smallest absolute Gasteiger partial charge is 0.237 e. The van der Waals surface area contributed by atoms with Crippen LogP contribution in [0.25, 0.3) is 0 Å². The maximum absolute atomic E-state index is 11.6. The van der Waals surface area contributed by atoms with E-state index >= 15 is 0 Å². The number of hydrogen-bond acceptors (Lipinski definition) is 3. The lowest BCUT2D eigenvalue weighted by Crippen LogP contribution is -2.42. The van der Waals surface area contributed by atoms with E-state index in [1.807, 2.05) is 0 Å². The Balaban J connectivity index is 1.66. The van der Waals surface area contributed by atoms with E-state index in [1.54, 1.807) is 0 Å². The molecule has 3 atom stereocenters. The van der Waals surface area contributed by atoms with Crippen LogP contribution >= 0.6 is 0 Å². The molecule has 0 radical (unpaired) electrons. The van der Waals surface area contributed by atoms with Crippen molar-refractivity contribution in [2.24, 2.45) is 5.92 Å². The molecule has 1 heterocycles. The second-order valence-electron chi connectivity index (χ2n) is 4.73. The number of carbonyl (C=O) groups is 1. The first kappa shape index (κ1) is 10.9. The van der Waals surface area contributed by atoms with Gasteiger partial charge in [-0.1, -0.05) is 0 Å². The van der Waals surface area contributed by atoms with Gasteiger partial charge in [0.2, 0.25) is 5.91 Å². The van der Waals surface area contributed by atoms with Gasteiger partial charge in [-0.05, 0) is 44.6 Å². The van der Waals surface area contributed by atoms with Gasteiger partial charge in [0.15, 0.2) is 0 Å². The first-order valence-electron chi connectivity index (χ1n) is 5.95. The molecule has 2 rings (SSSR count). The summed E-state index contributed by atoms with van der Waals surface area (Å²) in [6, 6.07) is 0.0244. The second-order valence-corrected chi connectivity index (χ2v) is 4.73. The molecule has 0 aromatic heterocycles. The zero-order chi connectivity index (χ0) is 10.7. The summed E-state index contributed by atoms with van der Waals surface area (Å²) >= 11 is 0. The maximum atomic E-state index is 11.6. The van der Waals surface area contributed by atoms with E-state index in [0.717, 1.165) is 45.2 Å². The van der Waals surface area contributed by atoms with Gasteiger partial charge in [0.1, 0.15) is 0 Å². The number of carbonyl (C=O) groups excluding carboxylic acids is 1. The molecule has 0 aromatic carbocycles. The topological polar surface area (TPSA) is 61.4 Å². The molecule has 3 unspecified atom stereocenters. The molecule has 1 amide bonds. The molecular formula is C11H20N2O2. The van der Waals surface area contributed by atoms with Crippen molar-refractivity contribution >= 4 is 5.91 Å². The molecule has 0 bridgehead atoms. The van der Waals surface area contributed by atoms with E-state index in [1.165, 1.54) is 0 Å². The van der Waals surface area contributed by atoms with Crippen LogP contribution in [0.5, 0.6) is 0 Å². The molecule has 2 fully saturated rings. The van der Waals surface area contributed by atoms with Gasteiger partial charge >= 0.3 is 0 Å². The summed E-state index contributed by atoms with van der Waals surface area (Å²) in [5.74, 6) is 0.610. The highest BCUT2D eigenvalue weighted by Crippen LogP contribution is 2.24. The monoisotopic (exact) mass is 212 g/mol. The molecule has 1 aliphatic carbocycles. The lowest BCUT2D eigenvalue weighted by atomic mass is 10.1. The number of hydrogen-bond donors (Lipinski definition) is 3. The molecule has 86 valence electrons. The number of aliphatic hydroxyl groups excluding tert-OH is 1. The van der Waals surface area contributed by atoms with E-state index in [9.17, 15) is 9.90 Å². The second kappa shape index (κ2) is 4.94. The predicted octanol–water partition coefficient (Wildman–Crippen LogP) is 0.0156. The van der Waals surface area contributed by atoms with Crippen molar-refractivity contribution in [3.05, 3.63) is 0 Å². The Labute approximate surface area is 90.4 Å². The Morgan fingerprint density at radius 3 is 2.87 bits per heavy atom. The summed E-state index contributed by atoms with van der Waals surface area (Å²) in [6.45, 7) is 1.69. The van der Waals surface area contributed by atoms with Crippen LogP contribution in [0.4, 0.5) is 0 Å². The zero-order valence-corrected chi connectivity index (χ0v) is 9.04. The number of aliphatic hydroxyl groups is 1. The van der Waals surface area contributed by atoms with Crippen LogP contribution < -0.4 is 10.6 Å².